The lowest BCUT2D eigenvalue weighted by atomic mass is 10.2. The molecular weight excluding hydrogens is 254 g/mol. The fraction of sp³-hybridized carbons (Fsp3) is 0.133. The largest absolute Gasteiger partial charge is 0.507 e. The lowest BCUT2D eigenvalue weighted by Crippen LogP contribution is -2.10. The van der Waals surface area contributed by atoms with Crippen molar-refractivity contribution in [2.75, 3.05) is 0 Å². The van der Waals surface area contributed by atoms with Crippen LogP contribution in [0.15, 0.2) is 40.6 Å². The van der Waals surface area contributed by atoms with Gasteiger partial charge >= 0.3 is 0 Å². The SMILES string of the molecule is C.C.C=Cc1nc(-c2ccccc2O)[nH]c(=O)c1N=C. The number of aliphatic imine (C=N–C) groups is 1. The van der Waals surface area contributed by atoms with E-state index in [9.17, 15) is 9.90 Å². The Morgan fingerprint density at radius 2 is 1.95 bits per heavy atom. The summed E-state index contributed by atoms with van der Waals surface area (Å²) >= 11 is 0. The van der Waals surface area contributed by atoms with Crippen molar-refractivity contribution in [2.24, 2.45) is 4.99 Å². The van der Waals surface area contributed by atoms with Gasteiger partial charge in [0, 0.05) is 0 Å². The van der Waals surface area contributed by atoms with Gasteiger partial charge in [0.05, 0.1) is 11.3 Å². The molecule has 0 aliphatic carbocycles. The van der Waals surface area contributed by atoms with Crippen molar-refractivity contribution in [3.63, 3.8) is 0 Å². The van der Waals surface area contributed by atoms with Crippen LogP contribution in [-0.2, 0) is 0 Å². The van der Waals surface area contributed by atoms with Crippen LogP contribution in [0.1, 0.15) is 20.5 Å². The number of hydrogen-bond donors (Lipinski definition) is 2. The molecule has 0 saturated heterocycles. The summed E-state index contributed by atoms with van der Waals surface area (Å²) in [5, 5.41) is 9.72. The second-order valence-corrected chi connectivity index (χ2v) is 3.53. The molecule has 0 saturated carbocycles. The molecule has 1 aromatic carbocycles. The average Bonchev–Trinajstić information content (AvgIpc) is 2.38. The standard InChI is InChI=1S/C13H11N3O2.2CH4/c1-3-9-11(14-2)13(18)16-12(15-9)8-6-4-5-7-10(8)17;;/h3-7,17H,1-2H2,(H,15,16,18);2*1H4. The maximum Gasteiger partial charge on any atom is 0.277 e. The molecule has 2 rings (SSSR count). The van der Waals surface area contributed by atoms with Gasteiger partial charge in [0.15, 0.2) is 5.69 Å². The summed E-state index contributed by atoms with van der Waals surface area (Å²) < 4.78 is 0. The predicted molar refractivity (Wildman–Crippen MR) is 84.7 cm³/mol. The highest BCUT2D eigenvalue weighted by Gasteiger charge is 2.11. The molecule has 20 heavy (non-hydrogen) atoms. The molecule has 5 heteroatoms. The average molecular weight is 273 g/mol. The van der Waals surface area contributed by atoms with E-state index in [0.29, 0.717) is 11.3 Å². The third-order valence-electron chi connectivity index (χ3n) is 2.43. The third-order valence-corrected chi connectivity index (χ3v) is 2.43. The number of aromatic hydroxyl groups is 1. The summed E-state index contributed by atoms with van der Waals surface area (Å²) in [5.41, 5.74) is 0.456. The molecule has 0 fully saturated rings. The summed E-state index contributed by atoms with van der Waals surface area (Å²) in [5.74, 6) is 0.301. The van der Waals surface area contributed by atoms with Crippen LogP contribution in [0.25, 0.3) is 17.5 Å². The van der Waals surface area contributed by atoms with Crippen LogP contribution in [0.2, 0.25) is 0 Å². The van der Waals surface area contributed by atoms with Crippen molar-refractivity contribution in [3.8, 4) is 17.1 Å². The first-order valence-electron chi connectivity index (χ1n) is 5.19. The highest BCUT2D eigenvalue weighted by atomic mass is 16.3. The van der Waals surface area contributed by atoms with Crippen LogP contribution in [-0.4, -0.2) is 21.8 Å². The van der Waals surface area contributed by atoms with Gasteiger partial charge in [-0.2, -0.15) is 0 Å². The molecule has 1 heterocycles. The van der Waals surface area contributed by atoms with E-state index in [4.69, 9.17) is 0 Å². The number of aromatic nitrogens is 2. The van der Waals surface area contributed by atoms with Crippen LogP contribution in [0.5, 0.6) is 5.75 Å². The minimum absolute atomic E-state index is 0. The number of nitrogens with one attached hydrogen (secondary N) is 1. The summed E-state index contributed by atoms with van der Waals surface area (Å²) in [7, 11) is 0. The first-order chi connectivity index (χ1) is 8.67. The number of rotatable bonds is 3. The molecule has 0 unspecified atom stereocenters. The number of nitrogens with zero attached hydrogens (tertiary/aromatic N) is 2. The molecule has 106 valence electrons. The van der Waals surface area contributed by atoms with E-state index in [1.54, 1.807) is 18.2 Å². The molecule has 0 aliphatic heterocycles. The molecule has 0 bridgehead atoms. The van der Waals surface area contributed by atoms with E-state index in [1.807, 2.05) is 0 Å². The van der Waals surface area contributed by atoms with Crippen molar-refractivity contribution < 1.29 is 5.11 Å². The minimum Gasteiger partial charge on any atom is -0.507 e. The first-order valence-corrected chi connectivity index (χ1v) is 5.19. The Hall–Kier alpha value is -2.69. The number of phenols is 1. The topological polar surface area (TPSA) is 78.3 Å². The molecule has 0 atom stereocenters. The fourth-order valence-electron chi connectivity index (χ4n) is 1.58. The molecular formula is C15H19N3O2. The molecule has 0 spiro atoms. The number of benzene rings is 1. The van der Waals surface area contributed by atoms with Gasteiger partial charge in [0.25, 0.3) is 5.56 Å². The van der Waals surface area contributed by atoms with E-state index in [0.717, 1.165) is 0 Å². The van der Waals surface area contributed by atoms with Crippen molar-refractivity contribution in [3.05, 3.63) is 46.9 Å². The van der Waals surface area contributed by atoms with Crippen LogP contribution in [0.4, 0.5) is 5.69 Å². The molecule has 2 aromatic rings. The Bertz CT molecular complexity index is 675. The lowest BCUT2D eigenvalue weighted by Gasteiger charge is -2.05. The van der Waals surface area contributed by atoms with E-state index in [-0.39, 0.29) is 32.1 Å². The van der Waals surface area contributed by atoms with Crippen molar-refractivity contribution in [2.45, 2.75) is 14.9 Å². The van der Waals surface area contributed by atoms with Gasteiger partial charge in [0.1, 0.15) is 11.6 Å². The van der Waals surface area contributed by atoms with Crippen LogP contribution in [0, 0.1) is 0 Å². The number of hydrogen-bond acceptors (Lipinski definition) is 4. The molecule has 0 amide bonds. The van der Waals surface area contributed by atoms with Crippen LogP contribution < -0.4 is 5.56 Å². The van der Waals surface area contributed by atoms with E-state index >= 15 is 0 Å². The van der Waals surface area contributed by atoms with E-state index < -0.39 is 5.56 Å². The normalized spacial score (nSPS) is 9.00. The van der Waals surface area contributed by atoms with Gasteiger partial charge in [-0.1, -0.05) is 33.6 Å². The smallest absolute Gasteiger partial charge is 0.277 e. The van der Waals surface area contributed by atoms with Gasteiger partial charge < -0.3 is 10.1 Å². The Morgan fingerprint density at radius 1 is 1.30 bits per heavy atom. The summed E-state index contributed by atoms with van der Waals surface area (Å²) in [6.45, 7) is 6.89. The Kier molecular flexibility index (Phi) is 6.09. The highest BCUT2D eigenvalue weighted by Crippen LogP contribution is 2.26. The van der Waals surface area contributed by atoms with Crippen molar-refractivity contribution in [1.29, 1.82) is 0 Å². The van der Waals surface area contributed by atoms with Gasteiger partial charge in [-0.3, -0.25) is 9.79 Å². The maximum absolute atomic E-state index is 11.8. The first kappa shape index (κ1) is 17.3. The zero-order chi connectivity index (χ0) is 13.1. The molecule has 2 N–H and O–H groups in total. The zero-order valence-corrected chi connectivity index (χ0v) is 9.55. The molecule has 0 radical (unpaired) electrons. The van der Waals surface area contributed by atoms with E-state index in [1.165, 1.54) is 12.1 Å². The monoisotopic (exact) mass is 273 g/mol. The summed E-state index contributed by atoms with van der Waals surface area (Å²) in [6.07, 6.45) is 1.42. The fourth-order valence-corrected chi connectivity index (χ4v) is 1.58. The second kappa shape index (κ2) is 7.04. The van der Waals surface area contributed by atoms with Gasteiger partial charge in [0.2, 0.25) is 0 Å². The minimum atomic E-state index is -0.423. The zero-order valence-electron chi connectivity index (χ0n) is 9.55. The van der Waals surface area contributed by atoms with Crippen LogP contribution >= 0.6 is 0 Å². The van der Waals surface area contributed by atoms with Crippen molar-refractivity contribution in [1.82, 2.24) is 9.97 Å². The number of H-pyrrole nitrogens is 1. The molecule has 5 nitrogen and oxygen atoms in total. The second-order valence-electron chi connectivity index (χ2n) is 3.53. The highest BCUT2D eigenvalue weighted by molar-refractivity contribution is 5.68. The third kappa shape index (κ3) is 3.00. The number of phenolic OH excluding ortho intramolecular Hbond substituents is 1. The van der Waals surface area contributed by atoms with Gasteiger partial charge in [-0.05, 0) is 24.9 Å². The van der Waals surface area contributed by atoms with Crippen molar-refractivity contribution >= 4 is 18.5 Å². The lowest BCUT2D eigenvalue weighted by molar-refractivity contribution is 0.477. The quantitative estimate of drug-likeness (QED) is 0.841. The predicted octanol–water partition coefficient (Wildman–Crippen LogP) is 3.39. The van der Waals surface area contributed by atoms with Crippen LogP contribution in [0.3, 0.4) is 0 Å². The van der Waals surface area contributed by atoms with Gasteiger partial charge in [-0.25, -0.2) is 4.98 Å². The summed E-state index contributed by atoms with van der Waals surface area (Å²) in [4.78, 5) is 22.1. The molecule has 1 aromatic heterocycles. The number of aromatic amines is 1. The summed E-state index contributed by atoms with van der Waals surface area (Å²) in [6, 6.07) is 6.59. The Labute approximate surface area is 118 Å². The molecule has 0 aliphatic rings. The van der Waals surface area contributed by atoms with E-state index in [2.05, 4.69) is 28.3 Å². The number of para-hydroxylation sites is 1. The maximum atomic E-state index is 11.8. The Morgan fingerprint density at radius 3 is 2.50 bits per heavy atom. The van der Waals surface area contributed by atoms with Gasteiger partial charge in [-0.15, -0.1) is 0 Å². The Balaban J connectivity index is 0.00000180.